The number of benzene rings is 4. The van der Waals surface area contributed by atoms with E-state index in [0.29, 0.717) is 12.1 Å². The van der Waals surface area contributed by atoms with E-state index in [2.05, 4.69) is 16.4 Å². The number of para-hydroxylation sites is 1. The van der Waals surface area contributed by atoms with Crippen LogP contribution in [0.2, 0.25) is 0 Å². The van der Waals surface area contributed by atoms with Crippen LogP contribution in [-0.4, -0.2) is 42.2 Å². The average Bonchev–Trinajstić information content (AvgIpc) is 3.33. The number of rotatable bonds is 10. The molecule has 37 heavy (non-hydrogen) atoms. The van der Waals surface area contributed by atoms with Gasteiger partial charge in [-0.1, -0.05) is 42.5 Å². The highest BCUT2D eigenvalue weighted by atomic mass is 16.5. The zero-order valence-corrected chi connectivity index (χ0v) is 20.5. The van der Waals surface area contributed by atoms with Crippen molar-refractivity contribution < 1.29 is 19.4 Å². The van der Waals surface area contributed by atoms with E-state index >= 15 is 0 Å². The molecule has 3 N–H and O–H groups in total. The summed E-state index contributed by atoms with van der Waals surface area (Å²) in [5, 5.41) is 15.8. The molecule has 0 aliphatic carbocycles. The Morgan fingerprint density at radius 1 is 0.946 bits per heavy atom. The zero-order valence-electron chi connectivity index (χ0n) is 20.5. The Hall–Kier alpha value is -4.55. The Balaban J connectivity index is 1.14. The van der Waals surface area contributed by atoms with Crippen molar-refractivity contribution in [1.29, 1.82) is 0 Å². The summed E-state index contributed by atoms with van der Waals surface area (Å²) < 4.78 is 11.1. The number of nitrogens with one attached hydrogen (secondary N) is 2. The number of aromatic amines is 1. The molecule has 0 aliphatic rings. The van der Waals surface area contributed by atoms with Crippen molar-refractivity contribution in [2.24, 2.45) is 0 Å². The van der Waals surface area contributed by atoms with Gasteiger partial charge in [-0.15, -0.1) is 0 Å². The number of carbonyl (C=O) groups excluding carboxylic acids is 1. The lowest BCUT2D eigenvalue weighted by molar-refractivity contribution is 0.104. The lowest BCUT2D eigenvalue weighted by atomic mass is 10.1. The van der Waals surface area contributed by atoms with Crippen LogP contribution in [0.1, 0.15) is 15.9 Å². The largest absolute Gasteiger partial charge is 0.497 e. The summed E-state index contributed by atoms with van der Waals surface area (Å²) in [6.45, 7) is 0.465. The molecular formula is C31H28N2O4. The van der Waals surface area contributed by atoms with E-state index in [4.69, 9.17) is 9.47 Å². The Morgan fingerprint density at radius 3 is 2.49 bits per heavy atom. The van der Waals surface area contributed by atoms with Gasteiger partial charge in [0.25, 0.3) is 0 Å². The molecular weight excluding hydrogens is 464 g/mol. The number of hydrogen-bond acceptors (Lipinski definition) is 5. The van der Waals surface area contributed by atoms with Gasteiger partial charge < -0.3 is 24.9 Å². The third-order valence-corrected chi connectivity index (χ3v) is 6.18. The van der Waals surface area contributed by atoms with Crippen LogP contribution in [0.4, 0.5) is 5.69 Å². The van der Waals surface area contributed by atoms with Crippen LogP contribution in [0, 0.1) is 0 Å². The Kier molecular flexibility index (Phi) is 7.19. The van der Waals surface area contributed by atoms with Gasteiger partial charge in [0.2, 0.25) is 0 Å². The summed E-state index contributed by atoms with van der Waals surface area (Å²) in [7, 11) is 1.62. The standard InChI is InChI=1S/C31H28N2O4/c1-36-25-16-9-21(10-17-25)11-18-29(35)22-12-14-23(15-13-22)32-19-24(34)20-37-30-8-4-7-28-31(30)26-5-2-3-6-27(26)33-28/h2-18,24,32-34H,19-20H2,1H3/b18-11+. The third kappa shape index (κ3) is 5.66. The molecule has 5 aromatic rings. The Morgan fingerprint density at radius 2 is 1.70 bits per heavy atom. The maximum atomic E-state index is 12.5. The van der Waals surface area contributed by atoms with E-state index in [9.17, 15) is 9.90 Å². The maximum Gasteiger partial charge on any atom is 0.185 e. The molecule has 6 heteroatoms. The Labute approximate surface area is 215 Å². The number of carbonyl (C=O) groups is 1. The molecule has 1 heterocycles. The number of aliphatic hydroxyl groups excluding tert-OH is 1. The second-order valence-electron chi connectivity index (χ2n) is 8.74. The molecule has 0 radical (unpaired) electrons. The summed E-state index contributed by atoms with van der Waals surface area (Å²) in [5.74, 6) is 1.43. The van der Waals surface area contributed by atoms with Crippen molar-refractivity contribution in [3.05, 3.63) is 108 Å². The number of aliphatic hydroxyl groups is 1. The number of H-pyrrole nitrogens is 1. The highest BCUT2D eigenvalue weighted by molar-refractivity contribution is 6.10. The van der Waals surface area contributed by atoms with E-state index in [-0.39, 0.29) is 12.4 Å². The summed E-state index contributed by atoms with van der Waals surface area (Å²) in [5.41, 5.74) is 4.37. The molecule has 186 valence electrons. The molecule has 5 rings (SSSR count). The number of methoxy groups -OCH3 is 1. The van der Waals surface area contributed by atoms with E-state index in [1.807, 2.05) is 72.8 Å². The van der Waals surface area contributed by atoms with E-state index in [1.165, 1.54) is 0 Å². The minimum Gasteiger partial charge on any atom is -0.497 e. The first kappa shape index (κ1) is 24.2. The van der Waals surface area contributed by atoms with Crippen molar-refractivity contribution in [2.45, 2.75) is 6.10 Å². The fraction of sp³-hybridized carbons (Fsp3) is 0.129. The molecule has 0 bridgehead atoms. The lowest BCUT2D eigenvalue weighted by Crippen LogP contribution is -2.26. The molecule has 0 aliphatic heterocycles. The number of ether oxygens (including phenoxy) is 2. The van der Waals surface area contributed by atoms with Gasteiger partial charge in [0, 0.05) is 34.1 Å². The van der Waals surface area contributed by atoms with Crippen molar-refractivity contribution in [1.82, 2.24) is 4.98 Å². The number of allylic oxidation sites excluding steroid dienone is 1. The topological polar surface area (TPSA) is 83.6 Å². The number of hydrogen-bond donors (Lipinski definition) is 3. The summed E-state index contributed by atoms with van der Waals surface area (Å²) in [6, 6.07) is 28.7. The van der Waals surface area contributed by atoms with Crippen LogP contribution < -0.4 is 14.8 Å². The molecule has 0 amide bonds. The molecule has 0 saturated carbocycles. The van der Waals surface area contributed by atoms with Gasteiger partial charge in [-0.3, -0.25) is 4.79 Å². The van der Waals surface area contributed by atoms with Crippen LogP contribution in [0.3, 0.4) is 0 Å². The normalized spacial score (nSPS) is 12.2. The van der Waals surface area contributed by atoms with Crippen molar-refractivity contribution in [2.75, 3.05) is 25.6 Å². The van der Waals surface area contributed by atoms with Crippen LogP contribution in [0.5, 0.6) is 11.5 Å². The molecule has 0 saturated heterocycles. The highest BCUT2D eigenvalue weighted by Gasteiger charge is 2.12. The summed E-state index contributed by atoms with van der Waals surface area (Å²) >= 11 is 0. The van der Waals surface area contributed by atoms with E-state index in [0.717, 1.165) is 44.6 Å². The number of ketones is 1. The van der Waals surface area contributed by atoms with E-state index in [1.54, 1.807) is 31.4 Å². The predicted molar refractivity (Wildman–Crippen MR) is 149 cm³/mol. The van der Waals surface area contributed by atoms with Gasteiger partial charge >= 0.3 is 0 Å². The molecule has 1 aromatic heterocycles. The first-order valence-corrected chi connectivity index (χ1v) is 12.1. The predicted octanol–water partition coefficient (Wildman–Crippen LogP) is 6.08. The fourth-order valence-electron chi connectivity index (χ4n) is 4.20. The number of aromatic nitrogens is 1. The van der Waals surface area contributed by atoms with Crippen molar-refractivity contribution >= 4 is 39.4 Å². The first-order chi connectivity index (χ1) is 18.1. The number of anilines is 1. The molecule has 1 unspecified atom stereocenters. The van der Waals surface area contributed by atoms with Crippen LogP contribution in [0.25, 0.3) is 27.9 Å². The maximum absolute atomic E-state index is 12.5. The van der Waals surface area contributed by atoms with Gasteiger partial charge in [0.05, 0.1) is 12.6 Å². The van der Waals surface area contributed by atoms with Gasteiger partial charge in [-0.25, -0.2) is 0 Å². The van der Waals surface area contributed by atoms with Gasteiger partial charge in [0.15, 0.2) is 5.78 Å². The second-order valence-corrected chi connectivity index (χ2v) is 8.74. The highest BCUT2D eigenvalue weighted by Crippen LogP contribution is 2.33. The molecule has 6 nitrogen and oxygen atoms in total. The van der Waals surface area contributed by atoms with Crippen molar-refractivity contribution in [3.63, 3.8) is 0 Å². The zero-order chi connectivity index (χ0) is 25.6. The van der Waals surface area contributed by atoms with Gasteiger partial charge in [-0.05, 0) is 66.2 Å². The summed E-state index contributed by atoms with van der Waals surface area (Å²) in [4.78, 5) is 15.9. The van der Waals surface area contributed by atoms with Gasteiger partial charge in [-0.2, -0.15) is 0 Å². The van der Waals surface area contributed by atoms with Crippen LogP contribution in [0.15, 0.2) is 97.1 Å². The van der Waals surface area contributed by atoms with E-state index < -0.39 is 6.10 Å². The fourth-order valence-corrected chi connectivity index (χ4v) is 4.20. The minimum absolute atomic E-state index is 0.0812. The minimum atomic E-state index is -0.714. The van der Waals surface area contributed by atoms with Crippen molar-refractivity contribution in [3.8, 4) is 11.5 Å². The molecule has 0 fully saturated rings. The monoisotopic (exact) mass is 492 g/mol. The summed E-state index contributed by atoms with van der Waals surface area (Å²) in [6.07, 6.45) is 2.62. The van der Waals surface area contributed by atoms with Crippen LogP contribution >= 0.6 is 0 Å². The SMILES string of the molecule is COc1ccc(/C=C/C(=O)c2ccc(NCC(O)COc3cccc4[nH]c5ccccc5c34)cc2)cc1. The van der Waals surface area contributed by atoms with Gasteiger partial charge in [0.1, 0.15) is 24.2 Å². The lowest BCUT2D eigenvalue weighted by Gasteiger charge is -2.15. The quantitative estimate of drug-likeness (QED) is 0.163. The Bertz CT molecular complexity index is 1540. The smallest absolute Gasteiger partial charge is 0.185 e. The second kappa shape index (κ2) is 11.0. The molecule has 0 spiro atoms. The third-order valence-electron chi connectivity index (χ3n) is 6.18. The first-order valence-electron chi connectivity index (χ1n) is 12.1. The average molecular weight is 493 g/mol. The number of fused-ring (bicyclic) bond motifs is 3. The molecule has 1 atom stereocenters. The van der Waals surface area contributed by atoms with Crippen LogP contribution in [-0.2, 0) is 0 Å². The molecule has 4 aromatic carbocycles.